The third-order valence-electron chi connectivity index (χ3n) is 4.76. The fraction of sp³-hybridized carbons (Fsp3) is 0.174. The quantitative estimate of drug-likeness (QED) is 0.548. The van der Waals surface area contributed by atoms with Crippen LogP contribution in [0.4, 0.5) is 5.82 Å². The molecule has 0 fully saturated rings. The van der Waals surface area contributed by atoms with Crippen LogP contribution in [0.25, 0.3) is 33.2 Å². The molecule has 2 N–H and O–H groups in total. The highest BCUT2D eigenvalue weighted by atomic mass is 15.2. The predicted octanol–water partition coefficient (Wildman–Crippen LogP) is 2.92. The summed E-state index contributed by atoms with van der Waals surface area (Å²) >= 11 is 0. The van der Waals surface area contributed by atoms with Crippen LogP contribution in [0.3, 0.4) is 0 Å². The smallest absolute Gasteiger partial charge is 0.149 e. The number of nitrogens with one attached hydrogen (secondary N) is 2. The molecule has 0 atom stereocenters. The van der Waals surface area contributed by atoms with E-state index in [9.17, 15) is 0 Å². The van der Waals surface area contributed by atoms with E-state index in [1.807, 2.05) is 24.5 Å². The largest absolute Gasteiger partial charge is 0.363 e. The molecule has 0 bridgehead atoms. The van der Waals surface area contributed by atoms with Gasteiger partial charge in [-0.25, -0.2) is 0 Å². The molecule has 0 amide bonds. The van der Waals surface area contributed by atoms with Crippen LogP contribution in [0.2, 0.25) is 0 Å². The number of nitrogens with zero attached hydrogens (tertiary/aromatic N) is 3. The van der Waals surface area contributed by atoms with Crippen molar-refractivity contribution in [2.45, 2.75) is 0 Å². The van der Waals surface area contributed by atoms with Crippen LogP contribution in [0, 0.1) is 0 Å². The Balaban J connectivity index is 1.82. The average molecular weight is 370 g/mol. The van der Waals surface area contributed by atoms with E-state index in [1.165, 1.54) is 15.7 Å². The van der Waals surface area contributed by atoms with Gasteiger partial charge in [-0.2, -0.15) is 0 Å². The van der Waals surface area contributed by atoms with E-state index in [-0.39, 0.29) is 0 Å². The van der Waals surface area contributed by atoms with Crippen LogP contribution >= 0.6 is 0 Å². The number of quaternary nitrogens is 1. The van der Waals surface area contributed by atoms with Crippen LogP contribution in [0.1, 0.15) is 0 Å². The molecule has 0 saturated carbocycles. The highest BCUT2D eigenvalue weighted by Gasteiger charge is 2.14. The second-order valence-corrected chi connectivity index (χ2v) is 7.14. The molecule has 0 unspecified atom stereocenters. The number of pyridine rings is 1. The third-order valence-corrected chi connectivity index (χ3v) is 4.76. The molecule has 140 valence electrons. The number of hydrogen-bond donors (Lipinski definition) is 2. The first-order valence-corrected chi connectivity index (χ1v) is 9.51. The summed E-state index contributed by atoms with van der Waals surface area (Å²) in [6.45, 7) is 1.86. The van der Waals surface area contributed by atoms with E-state index in [2.05, 4.69) is 83.1 Å². The van der Waals surface area contributed by atoms with E-state index >= 15 is 0 Å². The maximum Gasteiger partial charge on any atom is 0.149 e. The lowest BCUT2D eigenvalue weighted by molar-refractivity contribution is -0.856. The van der Waals surface area contributed by atoms with Gasteiger partial charge in [0.05, 0.1) is 27.2 Å². The van der Waals surface area contributed by atoms with Crippen LogP contribution in [0.5, 0.6) is 0 Å². The molecular weight excluding hydrogens is 346 g/mol. The second-order valence-electron chi connectivity index (χ2n) is 7.14. The fourth-order valence-corrected chi connectivity index (χ4v) is 3.30. The van der Waals surface area contributed by atoms with Crippen molar-refractivity contribution in [2.75, 3.05) is 32.5 Å². The molecule has 4 aromatic rings. The molecular formula is C23H24N5+. The molecule has 0 aliphatic heterocycles. The first-order valence-electron chi connectivity index (χ1n) is 9.51. The number of aromatic nitrogens is 3. The van der Waals surface area contributed by atoms with Gasteiger partial charge in [0.1, 0.15) is 11.5 Å². The summed E-state index contributed by atoms with van der Waals surface area (Å²) in [4.78, 5) is 5.55. The Morgan fingerprint density at radius 1 is 0.857 bits per heavy atom. The van der Waals surface area contributed by atoms with Crippen LogP contribution in [-0.2, 0) is 0 Å². The number of anilines is 1. The van der Waals surface area contributed by atoms with Crippen molar-refractivity contribution >= 4 is 16.6 Å². The lowest BCUT2D eigenvalue weighted by Gasteiger charge is -2.14. The molecule has 2 aromatic carbocycles. The minimum absolute atomic E-state index is 0.789. The summed E-state index contributed by atoms with van der Waals surface area (Å²) < 4.78 is 0. The third kappa shape index (κ3) is 3.85. The zero-order chi connectivity index (χ0) is 19.3. The van der Waals surface area contributed by atoms with Crippen molar-refractivity contribution in [2.24, 2.45) is 0 Å². The Labute approximate surface area is 165 Å². The standard InChI is InChI=1S/C23H23N5/c1-28(2)15-14-25-22-16-21(18-10-12-24-13-11-18)23(27-26-22)20-9-5-7-17-6-3-4-8-19(17)20/h3-13,16H,14-15H2,1-2H3,(H,25,26)/p+1. The SMILES string of the molecule is C[NH+](C)CCNc1cc(-c2ccncc2)c(-c2cccc3ccccc23)nn1. The maximum absolute atomic E-state index is 4.63. The van der Waals surface area contributed by atoms with Gasteiger partial charge in [0.25, 0.3) is 0 Å². The molecule has 0 aliphatic carbocycles. The van der Waals surface area contributed by atoms with Gasteiger partial charge >= 0.3 is 0 Å². The molecule has 4 rings (SSSR count). The first kappa shape index (κ1) is 18.1. The first-order chi connectivity index (χ1) is 13.7. The Morgan fingerprint density at radius 3 is 2.46 bits per heavy atom. The summed E-state index contributed by atoms with van der Waals surface area (Å²) in [5.74, 6) is 0.789. The van der Waals surface area contributed by atoms with E-state index in [4.69, 9.17) is 0 Å². The van der Waals surface area contributed by atoms with Gasteiger partial charge in [-0.3, -0.25) is 4.98 Å². The molecule has 0 saturated heterocycles. The topological polar surface area (TPSA) is 55.1 Å². The Kier molecular flexibility index (Phi) is 5.26. The number of likely N-dealkylation sites (N-methyl/N-ethyl adjacent to an activating group) is 1. The number of fused-ring (bicyclic) bond motifs is 1. The summed E-state index contributed by atoms with van der Waals surface area (Å²) in [6, 6.07) is 20.8. The van der Waals surface area contributed by atoms with Crippen molar-refractivity contribution in [1.29, 1.82) is 0 Å². The van der Waals surface area contributed by atoms with E-state index in [0.29, 0.717) is 0 Å². The number of hydrogen-bond acceptors (Lipinski definition) is 4. The van der Waals surface area contributed by atoms with Gasteiger partial charge in [0.2, 0.25) is 0 Å². The average Bonchev–Trinajstić information content (AvgIpc) is 2.74. The van der Waals surface area contributed by atoms with Gasteiger partial charge in [-0.1, -0.05) is 42.5 Å². The number of benzene rings is 2. The molecule has 0 spiro atoms. The van der Waals surface area contributed by atoms with Crippen molar-refractivity contribution in [3.05, 3.63) is 73.1 Å². The molecule has 28 heavy (non-hydrogen) atoms. The van der Waals surface area contributed by atoms with E-state index < -0.39 is 0 Å². The Morgan fingerprint density at radius 2 is 1.64 bits per heavy atom. The van der Waals surface area contributed by atoms with Gasteiger partial charge in [0.15, 0.2) is 0 Å². The summed E-state index contributed by atoms with van der Waals surface area (Å²) in [7, 11) is 4.28. The van der Waals surface area contributed by atoms with Gasteiger partial charge in [-0.05, 0) is 34.5 Å². The zero-order valence-electron chi connectivity index (χ0n) is 16.2. The fourth-order valence-electron chi connectivity index (χ4n) is 3.30. The molecule has 0 aliphatic rings. The van der Waals surface area contributed by atoms with Crippen LogP contribution < -0.4 is 10.2 Å². The molecule has 2 aromatic heterocycles. The van der Waals surface area contributed by atoms with Gasteiger partial charge < -0.3 is 10.2 Å². The second kappa shape index (κ2) is 8.15. The molecule has 2 heterocycles. The normalized spacial score (nSPS) is 11.1. The van der Waals surface area contributed by atoms with Gasteiger partial charge in [-0.15, -0.1) is 10.2 Å². The summed E-state index contributed by atoms with van der Waals surface area (Å²) in [5.41, 5.74) is 4.09. The molecule has 0 radical (unpaired) electrons. The Bertz CT molecular complexity index is 1070. The maximum atomic E-state index is 4.63. The minimum Gasteiger partial charge on any atom is -0.363 e. The summed E-state index contributed by atoms with van der Waals surface area (Å²) in [6.07, 6.45) is 3.62. The lowest BCUT2D eigenvalue weighted by Crippen LogP contribution is -3.06. The van der Waals surface area contributed by atoms with Crippen LogP contribution in [0.15, 0.2) is 73.1 Å². The highest BCUT2D eigenvalue weighted by molar-refractivity contribution is 5.99. The van der Waals surface area contributed by atoms with Crippen molar-refractivity contribution in [3.8, 4) is 22.4 Å². The number of rotatable bonds is 6. The highest BCUT2D eigenvalue weighted by Crippen LogP contribution is 2.35. The van der Waals surface area contributed by atoms with E-state index in [1.54, 1.807) is 0 Å². The van der Waals surface area contributed by atoms with Crippen molar-refractivity contribution in [1.82, 2.24) is 15.2 Å². The summed E-state index contributed by atoms with van der Waals surface area (Å²) in [5, 5.41) is 14.9. The minimum atomic E-state index is 0.789. The molecule has 5 heteroatoms. The van der Waals surface area contributed by atoms with E-state index in [0.717, 1.165) is 41.3 Å². The monoisotopic (exact) mass is 370 g/mol. The van der Waals surface area contributed by atoms with Gasteiger partial charge in [0, 0.05) is 23.5 Å². The zero-order valence-corrected chi connectivity index (χ0v) is 16.2. The Hall–Kier alpha value is -3.31. The van der Waals surface area contributed by atoms with Crippen LogP contribution in [-0.4, -0.2) is 42.4 Å². The molecule has 5 nitrogen and oxygen atoms in total. The van der Waals surface area contributed by atoms with Crippen molar-refractivity contribution < 1.29 is 4.90 Å². The van der Waals surface area contributed by atoms with Crippen molar-refractivity contribution in [3.63, 3.8) is 0 Å². The lowest BCUT2D eigenvalue weighted by atomic mass is 9.96. The predicted molar refractivity (Wildman–Crippen MR) is 114 cm³/mol.